The first-order valence-corrected chi connectivity index (χ1v) is 8.90. The molecule has 0 radical (unpaired) electrons. The van der Waals surface area contributed by atoms with Crippen molar-refractivity contribution in [3.8, 4) is 0 Å². The highest BCUT2D eigenvalue weighted by Gasteiger charge is 2.16. The third-order valence-corrected chi connectivity index (χ3v) is 4.71. The Labute approximate surface area is 156 Å². The second-order valence-electron chi connectivity index (χ2n) is 5.09. The van der Waals surface area contributed by atoms with Crippen LogP contribution in [0.2, 0.25) is 0 Å². The number of guanidine groups is 1. The number of rotatable bonds is 7. The van der Waals surface area contributed by atoms with Gasteiger partial charge in [-0.15, -0.1) is 24.0 Å². The zero-order valence-corrected chi connectivity index (χ0v) is 17.3. The van der Waals surface area contributed by atoms with Gasteiger partial charge in [-0.05, 0) is 37.5 Å². The van der Waals surface area contributed by atoms with Gasteiger partial charge < -0.3 is 10.6 Å². The molecule has 8 heteroatoms. The number of sulfonamides is 1. The number of hydrogen-bond donors (Lipinski definition) is 3. The number of halogens is 1. The van der Waals surface area contributed by atoms with Gasteiger partial charge >= 0.3 is 0 Å². The second kappa shape index (κ2) is 10.8. The highest BCUT2D eigenvalue weighted by atomic mass is 127. The Kier molecular flexibility index (Phi) is 10.4. The van der Waals surface area contributed by atoms with Crippen LogP contribution in [-0.2, 0) is 10.0 Å². The molecule has 0 amide bonds. The average molecular weight is 454 g/mol. The van der Waals surface area contributed by atoms with Crippen molar-refractivity contribution in [1.29, 1.82) is 0 Å². The molecule has 0 aliphatic heterocycles. The number of aliphatic imine (C=N–C) groups is 1. The minimum Gasteiger partial charge on any atom is -0.356 e. The van der Waals surface area contributed by atoms with E-state index < -0.39 is 10.0 Å². The molecule has 0 heterocycles. The normalized spacial score (nSPS) is 11.7. The fourth-order valence-electron chi connectivity index (χ4n) is 1.90. The van der Waals surface area contributed by atoms with Gasteiger partial charge in [-0.1, -0.05) is 19.1 Å². The number of hydrogen-bond acceptors (Lipinski definition) is 3. The summed E-state index contributed by atoms with van der Waals surface area (Å²) in [4.78, 5) is 4.39. The molecule has 1 aromatic rings. The molecule has 0 aliphatic carbocycles. The summed E-state index contributed by atoms with van der Waals surface area (Å²) in [6.07, 6.45) is 1.000. The molecular formula is C15H27IN4O2S. The van der Waals surface area contributed by atoms with Crippen molar-refractivity contribution < 1.29 is 8.42 Å². The lowest BCUT2D eigenvalue weighted by Gasteiger charge is -2.13. The molecule has 23 heavy (non-hydrogen) atoms. The summed E-state index contributed by atoms with van der Waals surface area (Å²) >= 11 is 0. The lowest BCUT2D eigenvalue weighted by atomic mass is 10.2. The van der Waals surface area contributed by atoms with E-state index in [2.05, 4.69) is 27.3 Å². The summed E-state index contributed by atoms with van der Waals surface area (Å²) < 4.78 is 27.2. The van der Waals surface area contributed by atoms with Gasteiger partial charge in [-0.2, -0.15) is 0 Å². The SMILES string of the molecule is CCCNC(=NC)NCCNS(=O)(=O)c1cc(C)ccc1C.I. The van der Waals surface area contributed by atoms with Gasteiger partial charge in [0.05, 0.1) is 4.90 Å². The van der Waals surface area contributed by atoms with Crippen molar-refractivity contribution in [1.82, 2.24) is 15.4 Å². The predicted molar refractivity (Wildman–Crippen MR) is 106 cm³/mol. The summed E-state index contributed by atoms with van der Waals surface area (Å²) in [5.74, 6) is 0.674. The van der Waals surface area contributed by atoms with Crippen molar-refractivity contribution >= 4 is 40.0 Å². The van der Waals surface area contributed by atoms with Crippen LogP contribution in [0.5, 0.6) is 0 Å². The summed E-state index contributed by atoms with van der Waals surface area (Å²) in [5.41, 5.74) is 1.67. The third-order valence-electron chi connectivity index (χ3n) is 3.11. The van der Waals surface area contributed by atoms with Crippen molar-refractivity contribution in [2.45, 2.75) is 32.1 Å². The van der Waals surface area contributed by atoms with E-state index in [1.165, 1.54) is 0 Å². The average Bonchev–Trinajstić information content (AvgIpc) is 2.49. The molecule has 0 saturated heterocycles. The Morgan fingerprint density at radius 1 is 1.13 bits per heavy atom. The molecule has 0 spiro atoms. The number of nitrogens with zero attached hydrogens (tertiary/aromatic N) is 1. The molecule has 1 rings (SSSR count). The Morgan fingerprint density at radius 2 is 1.78 bits per heavy atom. The van der Waals surface area contributed by atoms with Gasteiger partial charge in [0.25, 0.3) is 0 Å². The van der Waals surface area contributed by atoms with Crippen LogP contribution in [0.3, 0.4) is 0 Å². The van der Waals surface area contributed by atoms with Gasteiger partial charge in [0.1, 0.15) is 0 Å². The van der Waals surface area contributed by atoms with E-state index in [1.54, 1.807) is 20.0 Å². The largest absolute Gasteiger partial charge is 0.356 e. The molecule has 0 saturated carbocycles. The lowest BCUT2D eigenvalue weighted by molar-refractivity contribution is 0.580. The van der Waals surface area contributed by atoms with E-state index in [0.717, 1.165) is 24.1 Å². The van der Waals surface area contributed by atoms with Crippen LogP contribution in [0.1, 0.15) is 24.5 Å². The van der Waals surface area contributed by atoms with Crippen molar-refractivity contribution in [3.05, 3.63) is 29.3 Å². The van der Waals surface area contributed by atoms with Crippen LogP contribution in [0, 0.1) is 13.8 Å². The van der Waals surface area contributed by atoms with Crippen LogP contribution >= 0.6 is 24.0 Å². The molecule has 0 atom stereocenters. The van der Waals surface area contributed by atoms with Crippen LogP contribution in [0.25, 0.3) is 0 Å². The number of nitrogens with one attached hydrogen (secondary N) is 3. The summed E-state index contributed by atoms with van der Waals surface area (Å²) in [7, 11) is -1.80. The zero-order valence-electron chi connectivity index (χ0n) is 14.1. The topological polar surface area (TPSA) is 82.6 Å². The van der Waals surface area contributed by atoms with E-state index in [4.69, 9.17) is 0 Å². The highest BCUT2D eigenvalue weighted by molar-refractivity contribution is 14.0. The van der Waals surface area contributed by atoms with Crippen LogP contribution in [0.4, 0.5) is 0 Å². The smallest absolute Gasteiger partial charge is 0.240 e. The maximum Gasteiger partial charge on any atom is 0.240 e. The first-order valence-electron chi connectivity index (χ1n) is 7.42. The van der Waals surface area contributed by atoms with Gasteiger partial charge in [-0.3, -0.25) is 4.99 Å². The molecule has 0 aliphatic rings. The van der Waals surface area contributed by atoms with Gasteiger partial charge in [-0.25, -0.2) is 13.1 Å². The van der Waals surface area contributed by atoms with Crippen LogP contribution in [0.15, 0.2) is 28.1 Å². The third kappa shape index (κ3) is 7.49. The number of aryl methyl sites for hydroxylation is 2. The van der Waals surface area contributed by atoms with Crippen LogP contribution in [-0.4, -0.2) is 41.1 Å². The first-order chi connectivity index (χ1) is 10.4. The van der Waals surface area contributed by atoms with Crippen molar-refractivity contribution in [2.75, 3.05) is 26.7 Å². The summed E-state index contributed by atoms with van der Waals surface area (Å²) in [6.45, 7) is 7.33. The molecule has 1 aromatic carbocycles. The Bertz CT molecular complexity index is 618. The predicted octanol–water partition coefficient (Wildman–Crippen LogP) is 1.77. The molecule has 6 nitrogen and oxygen atoms in total. The van der Waals surface area contributed by atoms with E-state index >= 15 is 0 Å². The second-order valence-corrected chi connectivity index (χ2v) is 6.83. The summed E-state index contributed by atoms with van der Waals surface area (Å²) in [6, 6.07) is 5.41. The molecular weight excluding hydrogens is 427 g/mol. The molecule has 0 aromatic heterocycles. The minimum absolute atomic E-state index is 0. The first kappa shape index (κ1) is 22.1. The Hall–Kier alpha value is -0.870. The molecule has 0 unspecified atom stereocenters. The fourth-order valence-corrected chi connectivity index (χ4v) is 3.26. The standard InChI is InChI=1S/C15H26N4O2S.HI/c1-5-8-17-15(16-4)18-9-10-19-22(20,21)14-11-12(2)6-7-13(14)3;/h6-7,11,19H,5,8-10H2,1-4H3,(H2,16,17,18);1H. The molecule has 0 fully saturated rings. The maximum absolute atomic E-state index is 12.3. The van der Waals surface area contributed by atoms with E-state index in [-0.39, 0.29) is 24.0 Å². The quantitative estimate of drug-likeness (QED) is 0.254. The monoisotopic (exact) mass is 454 g/mol. The van der Waals surface area contributed by atoms with Gasteiger partial charge in [0.2, 0.25) is 10.0 Å². The van der Waals surface area contributed by atoms with Gasteiger partial charge in [0, 0.05) is 26.7 Å². The lowest BCUT2D eigenvalue weighted by Crippen LogP contribution is -2.41. The van der Waals surface area contributed by atoms with E-state index in [9.17, 15) is 8.42 Å². The molecule has 3 N–H and O–H groups in total. The Balaban J connectivity index is 0.00000484. The minimum atomic E-state index is -3.49. The molecule has 0 bridgehead atoms. The maximum atomic E-state index is 12.3. The van der Waals surface area contributed by atoms with Crippen molar-refractivity contribution in [3.63, 3.8) is 0 Å². The summed E-state index contributed by atoms with van der Waals surface area (Å²) in [5, 5.41) is 6.19. The fraction of sp³-hybridized carbons (Fsp3) is 0.533. The van der Waals surface area contributed by atoms with Crippen molar-refractivity contribution in [2.24, 2.45) is 4.99 Å². The number of benzene rings is 1. The zero-order chi connectivity index (χ0) is 16.6. The molecule has 132 valence electrons. The highest BCUT2D eigenvalue weighted by Crippen LogP contribution is 2.16. The van der Waals surface area contributed by atoms with E-state index in [1.807, 2.05) is 19.1 Å². The van der Waals surface area contributed by atoms with Crippen LogP contribution < -0.4 is 15.4 Å². The Morgan fingerprint density at radius 3 is 2.39 bits per heavy atom. The van der Waals surface area contributed by atoms with Gasteiger partial charge in [0.15, 0.2) is 5.96 Å². The van der Waals surface area contributed by atoms with E-state index in [0.29, 0.717) is 23.9 Å².